The first-order chi connectivity index (χ1) is 15.0. The molecular formula is C21H16Cl2N6O2. The Labute approximate surface area is 186 Å². The summed E-state index contributed by atoms with van der Waals surface area (Å²) >= 11 is 11.9. The van der Waals surface area contributed by atoms with E-state index >= 15 is 0 Å². The van der Waals surface area contributed by atoms with Crippen molar-refractivity contribution in [3.05, 3.63) is 62.5 Å². The fourth-order valence-electron chi connectivity index (χ4n) is 3.80. The molecule has 3 aromatic heterocycles. The van der Waals surface area contributed by atoms with Gasteiger partial charge in [0.15, 0.2) is 11.2 Å². The second-order valence-electron chi connectivity index (χ2n) is 7.31. The number of nitrogens with zero attached hydrogens (tertiary/aromatic N) is 5. The fraction of sp³-hybridized carbons (Fsp3) is 0.238. The summed E-state index contributed by atoms with van der Waals surface area (Å²) in [7, 11) is 0. The van der Waals surface area contributed by atoms with Gasteiger partial charge in [0.2, 0.25) is 0 Å². The van der Waals surface area contributed by atoms with Crippen LogP contribution in [-0.4, -0.2) is 38.8 Å². The molecule has 1 aliphatic rings. The van der Waals surface area contributed by atoms with Crippen LogP contribution in [0.5, 0.6) is 5.88 Å². The van der Waals surface area contributed by atoms with E-state index in [-0.39, 0.29) is 23.1 Å². The van der Waals surface area contributed by atoms with E-state index in [0.29, 0.717) is 26.6 Å². The number of H-pyrrole nitrogens is 1. The molecule has 0 amide bonds. The smallest absolute Gasteiger partial charge is 0.282 e. The lowest BCUT2D eigenvalue weighted by atomic mass is 10.1. The Morgan fingerprint density at radius 3 is 2.65 bits per heavy atom. The molecule has 1 aliphatic heterocycles. The van der Waals surface area contributed by atoms with Gasteiger partial charge in [0.25, 0.3) is 11.4 Å². The van der Waals surface area contributed by atoms with Gasteiger partial charge >= 0.3 is 0 Å². The normalized spacial score (nSPS) is 14.8. The van der Waals surface area contributed by atoms with Crippen molar-refractivity contribution in [3.63, 3.8) is 0 Å². The predicted octanol–water partition coefficient (Wildman–Crippen LogP) is 3.80. The van der Waals surface area contributed by atoms with E-state index in [1.165, 1.54) is 4.52 Å². The van der Waals surface area contributed by atoms with Gasteiger partial charge < -0.3 is 14.6 Å². The number of nitriles is 1. The second kappa shape index (κ2) is 7.76. The van der Waals surface area contributed by atoms with E-state index in [9.17, 15) is 10.1 Å². The predicted molar refractivity (Wildman–Crippen MR) is 118 cm³/mol. The van der Waals surface area contributed by atoms with Crippen LogP contribution in [0.1, 0.15) is 18.4 Å². The Balaban J connectivity index is 1.41. The third kappa shape index (κ3) is 3.56. The fourth-order valence-corrected chi connectivity index (χ4v) is 4.09. The van der Waals surface area contributed by atoms with Crippen molar-refractivity contribution in [2.45, 2.75) is 18.9 Å². The molecule has 0 spiro atoms. The minimum Gasteiger partial charge on any atom is -0.472 e. The Kier molecular flexibility index (Phi) is 4.93. The molecule has 1 saturated heterocycles. The van der Waals surface area contributed by atoms with Crippen molar-refractivity contribution in [1.29, 1.82) is 5.26 Å². The van der Waals surface area contributed by atoms with E-state index in [1.807, 2.05) is 12.1 Å². The molecule has 10 heteroatoms. The molecule has 0 bridgehead atoms. The maximum Gasteiger partial charge on any atom is 0.282 e. The minimum atomic E-state index is -0.360. The molecule has 5 rings (SSSR count). The van der Waals surface area contributed by atoms with Crippen molar-refractivity contribution in [2.75, 3.05) is 18.0 Å². The number of halogens is 2. The molecule has 0 aliphatic carbocycles. The van der Waals surface area contributed by atoms with Crippen LogP contribution in [0.2, 0.25) is 10.0 Å². The van der Waals surface area contributed by atoms with Crippen molar-refractivity contribution < 1.29 is 4.74 Å². The Morgan fingerprint density at radius 1 is 1.16 bits per heavy atom. The van der Waals surface area contributed by atoms with E-state index in [2.05, 4.69) is 26.0 Å². The number of fused-ring (bicyclic) bond motifs is 2. The molecule has 8 nitrogen and oxygen atoms in total. The highest BCUT2D eigenvalue weighted by molar-refractivity contribution is 6.31. The lowest BCUT2D eigenvalue weighted by molar-refractivity contribution is 0.162. The molecule has 0 saturated carbocycles. The van der Waals surface area contributed by atoms with E-state index in [4.69, 9.17) is 27.9 Å². The molecule has 1 N–H and O–H groups in total. The summed E-state index contributed by atoms with van der Waals surface area (Å²) in [6.07, 6.45) is 2.96. The van der Waals surface area contributed by atoms with Crippen LogP contribution >= 0.6 is 23.2 Å². The molecule has 4 aromatic rings. The number of aromatic amines is 1. The first-order valence-corrected chi connectivity index (χ1v) is 10.5. The van der Waals surface area contributed by atoms with Crippen molar-refractivity contribution in [2.24, 2.45) is 0 Å². The summed E-state index contributed by atoms with van der Waals surface area (Å²) in [5.74, 6) is 1.02. The number of benzene rings is 1. The van der Waals surface area contributed by atoms with Crippen LogP contribution in [0.25, 0.3) is 16.6 Å². The van der Waals surface area contributed by atoms with Gasteiger partial charge in [0.05, 0.1) is 15.9 Å². The lowest BCUT2D eigenvalue weighted by Crippen LogP contribution is -2.38. The van der Waals surface area contributed by atoms with Gasteiger partial charge in [-0.25, -0.2) is 4.98 Å². The number of ether oxygens (including phenoxy) is 1. The Bertz CT molecular complexity index is 1380. The third-order valence-corrected chi connectivity index (χ3v) is 5.84. The van der Waals surface area contributed by atoms with E-state index < -0.39 is 0 Å². The number of hydrogen-bond acceptors (Lipinski definition) is 6. The van der Waals surface area contributed by atoms with Gasteiger partial charge in [-0.2, -0.15) is 9.78 Å². The van der Waals surface area contributed by atoms with Gasteiger partial charge in [-0.15, -0.1) is 5.10 Å². The summed E-state index contributed by atoms with van der Waals surface area (Å²) in [5, 5.41) is 15.4. The van der Waals surface area contributed by atoms with Crippen molar-refractivity contribution in [3.8, 4) is 11.9 Å². The number of piperidine rings is 1. The number of pyridine rings is 1. The Hall–Kier alpha value is -3.28. The third-order valence-electron chi connectivity index (χ3n) is 5.38. The maximum absolute atomic E-state index is 12.9. The Morgan fingerprint density at radius 2 is 1.94 bits per heavy atom. The molecule has 1 aromatic carbocycles. The number of rotatable bonds is 3. The van der Waals surface area contributed by atoms with E-state index in [1.54, 1.807) is 24.4 Å². The lowest BCUT2D eigenvalue weighted by Gasteiger charge is -2.32. The standard InChI is InChI=1S/C21H16Cl2N6O2/c22-12-1-3-17-15(9-12)21(30)29-19(26-17)16(10-24)20(27-29)31-14-5-7-28(8-6-14)18-4-2-13(23)11-25-18/h1-4,9,11,14,26H,5-8H2. The number of anilines is 1. The van der Waals surface area contributed by atoms with Crippen LogP contribution < -0.4 is 15.2 Å². The van der Waals surface area contributed by atoms with Gasteiger partial charge in [-0.05, 0) is 30.3 Å². The summed E-state index contributed by atoms with van der Waals surface area (Å²) in [4.78, 5) is 22.5. The zero-order valence-corrected chi connectivity index (χ0v) is 17.7. The number of aromatic nitrogens is 4. The van der Waals surface area contributed by atoms with E-state index in [0.717, 1.165) is 31.7 Å². The summed E-state index contributed by atoms with van der Waals surface area (Å²) in [6.45, 7) is 1.49. The molecule has 0 radical (unpaired) electrons. The van der Waals surface area contributed by atoms with Crippen molar-refractivity contribution >= 4 is 45.6 Å². The van der Waals surface area contributed by atoms with Crippen LogP contribution in [0, 0.1) is 11.3 Å². The second-order valence-corrected chi connectivity index (χ2v) is 8.18. The van der Waals surface area contributed by atoms with Gasteiger partial charge in [-0.1, -0.05) is 23.2 Å². The first kappa shape index (κ1) is 19.7. The minimum absolute atomic E-state index is 0.125. The maximum atomic E-state index is 12.9. The zero-order chi connectivity index (χ0) is 21.5. The highest BCUT2D eigenvalue weighted by Crippen LogP contribution is 2.26. The van der Waals surface area contributed by atoms with Crippen LogP contribution in [-0.2, 0) is 0 Å². The summed E-state index contributed by atoms with van der Waals surface area (Å²) in [5.41, 5.74) is 0.728. The molecule has 31 heavy (non-hydrogen) atoms. The monoisotopic (exact) mass is 454 g/mol. The highest BCUT2D eigenvalue weighted by atomic mass is 35.5. The first-order valence-electron chi connectivity index (χ1n) is 9.71. The quantitative estimate of drug-likeness (QED) is 0.505. The van der Waals surface area contributed by atoms with Crippen LogP contribution in [0.4, 0.5) is 5.82 Å². The molecule has 0 unspecified atom stereocenters. The van der Waals surface area contributed by atoms with Crippen molar-refractivity contribution in [1.82, 2.24) is 19.6 Å². The molecule has 156 valence electrons. The molecular weight excluding hydrogens is 439 g/mol. The summed E-state index contributed by atoms with van der Waals surface area (Å²) in [6, 6.07) is 10.8. The largest absolute Gasteiger partial charge is 0.472 e. The van der Waals surface area contributed by atoms with Gasteiger partial charge in [-0.3, -0.25) is 4.79 Å². The van der Waals surface area contributed by atoms with Gasteiger partial charge in [0.1, 0.15) is 18.0 Å². The average Bonchev–Trinajstić information content (AvgIpc) is 3.13. The number of nitrogens with one attached hydrogen (secondary N) is 1. The number of hydrogen-bond donors (Lipinski definition) is 1. The SMILES string of the molecule is N#Cc1c(OC2CCN(c3ccc(Cl)cn3)CC2)nn2c(=O)c3cc(Cl)ccc3[nH]c12. The average molecular weight is 455 g/mol. The van der Waals surface area contributed by atoms with Crippen LogP contribution in [0.15, 0.2) is 41.3 Å². The molecule has 1 fully saturated rings. The van der Waals surface area contributed by atoms with Crippen LogP contribution in [0.3, 0.4) is 0 Å². The molecule has 4 heterocycles. The summed E-state index contributed by atoms with van der Waals surface area (Å²) < 4.78 is 7.23. The zero-order valence-electron chi connectivity index (χ0n) is 16.2. The highest BCUT2D eigenvalue weighted by Gasteiger charge is 2.25. The van der Waals surface area contributed by atoms with Gasteiger partial charge in [0, 0.05) is 37.2 Å². The topological polar surface area (TPSA) is 99.3 Å². The molecule has 0 atom stereocenters.